The SMILES string of the molecule is CC[C@H](C)NC(=O)O[C@H]1CC[C@@H](c2cnc(Nc3ccc(S(=O)(=O)NC4(CO)CC4)cc3F)nc2)C1. The van der Waals surface area contributed by atoms with Crippen molar-refractivity contribution < 1.29 is 27.4 Å². The van der Waals surface area contributed by atoms with Crippen LogP contribution in [0.5, 0.6) is 0 Å². The third-order valence-corrected chi connectivity index (χ3v) is 8.36. The van der Waals surface area contributed by atoms with Crippen LogP contribution in [0.3, 0.4) is 0 Å². The zero-order valence-electron chi connectivity index (χ0n) is 20.3. The molecule has 10 nitrogen and oxygen atoms in total. The lowest BCUT2D eigenvalue weighted by molar-refractivity contribution is 0.0975. The number of alkyl carbamates (subject to hydrolysis) is 1. The molecule has 0 radical (unpaired) electrons. The van der Waals surface area contributed by atoms with Crippen molar-refractivity contribution in [2.75, 3.05) is 11.9 Å². The molecule has 196 valence electrons. The van der Waals surface area contributed by atoms with Crippen molar-refractivity contribution in [2.45, 2.75) is 80.9 Å². The lowest BCUT2D eigenvalue weighted by Gasteiger charge is -2.16. The zero-order valence-corrected chi connectivity index (χ0v) is 21.1. The van der Waals surface area contributed by atoms with Crippen molar-refractivity contribution in [3.05, 3.63) is 42.0 Å². The topological polar surface area (TPSA) is 143 Å². The molecule has 1 aromatic heterocycles. The van der Waals surface area contributed by atoms with E-state index in [9.17, 15) is 22.7 Å². The van der Waals surface area contributed by atoms with Crippen molar-refractivity contribution in [1.29, 1.82) is 0 Å². The standard InChI is InChI=1S/C24H32FN5O5S/c1-3-15(2)28-23(32)35-18-5-4-16(10-18)17-12-26-22(27-13-17)29-21-7-6-19(11-20(21)25)36(33,34)30-24(14-31)8-9-24/h6-7,11-13,15-16,18,30-31H,3-5,8-10,14H2,1-2H3,(H,28,32)(H,26,27,29)/t15-,16+,18-/m0/s1. The van der Waals surface area contributed by atoms with Crippen molar-refractivity contribution in [1.82, 2.24) is 20.0 Å². The summed E-state index contributed by atoms with van der Waals surface area (Å²) in [6.45, 7) is 3.61. The van der Waals surface area contributed by atoms with Crippen LogP contribution in [0.2, 0.25) is 0 Å². The lowest BCUT2D eigenvalue weighted by Crippen LogP contribution is -2.39. The summed E-state index contributed by atoms with van der Waals surface area (Å²) >= 11 is 0. The lowest BCUT2D eigenvalue weighted by atomic mass is 10.0. The maximum Gasteiger partial charge on any atom is 0.407 e. The summed E-state index contributed by atoms with van der Waals surface area (Å²) in [5.41, 5.74) is 0.0966. The number of anilines is 2. The molecule has 2 saturated carbocycles. The van der Waals surface area contributed by atoms with E-state index in [0.717, 1.165) is 30.9 Å². The van der Waals surface area contributed by atoms with E-state index in [2.05, 4.69) is 25.3 Å². The molecule has 0 saturated heterocycles. The molecule has 4 rings (SSSR count). The van der Waals surface area contributed by atoms with E-state index >= 15 is 0 Å². The number of halogens is 1. The van der Waals surface area contributed by atoms with Gasteiger partial charge in [-0.05, 0) is 75.1 Å². The Morgan fingerprint density at radius 2 is 2.00 bits per heavy atom. The van der Waals surface area contributed by atoms with Gasteiger partial charge in [0, 0.05) is 18.4 Å². The van der Waals surface area contributed by atoms with Gasteiger partial charge in [0.25, 0.3) is 0 Å². The first-order chi connectivity index (χ1) is 17.1. The molecular formula is C24H32FN5O5S. The Hall–Kier alpha value is -2.83. The molecule has 0 unspecified atom stereocenters. The Morgan fingerprint density at radius 3 is 2.61 bits per heavy atom. The Morgan fingerprint density at radius 1 is 1.28 bits per heavy atom. The summed E-state index contributed by atoms with van der Waals surface area (Å²) in [6, 6.07) is 3.57. The van der Waals surface area contributed by atoms with Gasteiger partial charge in [0.2, 0.25) is 16.0 Å². The Labute approximate surface area is 210 Å². The van der Waals surface area contributed by atoms with Crippen LogP contribution in [-0.4, -0.2) is 53.9 Å². The van der Waals surface area contributed by atoms with Gasteiger partial charge in [-0.1, -0.05) is 6.92 Å². The second-order valence-electron chi connectivity index (χ2n) is 9.64. The maximum absolute atomic E-state index is 14.7. The molecule has 2 aromatic rings. The number of aromatic nitrogens is 2. The van der Waals surface area contributed by atoms with Crippen molar-refractivity contribution in [3.63, 3.8) is 0 Å². The quantitative estimate of drug-likeness (QED) is 0.373. The number of benzene rings is 1. The van der Waals surface area contributed by atoms with Gasteiger partial charge in [-0.25, -0.2) is 32.3 Å². The van der Waals surface area contributed by atoms with E-state index < -0.39 is 27.5 Å². The number of ether oxygens (including phenoxy) is 1. The highest BCUT2D eigenvalue weighted by Gasteiger charge is 2.45. The summed E-state index contributed by atoms with van der Waals surface area (Å²) in [5.74, 6) is -0.448. The van der Waals surface area contributed by atoms with E-state index in [0.29, 0.717) is 19.3 Å². The number of aliphatic hydroxyl groups is 1. The predicted molar refractivity (Wildman–Crippen MR) is 131 cm³/mol. The summed E-state index contributed by atoms with van der Waals surface area (Å²) in [7, 11) is -3.96. The minimum Gasteiger partial charge on any atom is -0.446 e. The third-order valence-electron chi connectivity index (χ3n) is 6.78. The molecule has 4 N–H and O–H groups in total. The van der Waals surface area contributed by atoms with E-state index in [-0.39, 0.29) is 41.2 Å². The molecule has 0 bridgehead atoms. The summed E-state index contributed by atoms with van der Waals surface area (Å²) in [4.78, 5) is 20.3. The number of hydrogen-bond donors (Lipinski definition) is 4. The summed E-state index contributed by atoms with van der Waals surface area (Å²) in [6.07, 6.45) is 6.95. The van der Waals surface area contributed by atoms with Gasteiger partial charge in [0.05, 0.1) is 22.7 Å². The highest BCUT2D eigenvalue weighted by atomic mass is 32.2. The maximum atomic E-state index is 14.7. The van der Waals surface area contributed by atoms with Crippen LogP contribution in [0.15, 0.2) is 35.5 Å². The highest BCUT2D eigenvalue weighted by molar-refractivity contribution is 7.89. The van der Waals surface area contributed by atoms with Gasteiger partial charge in [-0.2, -0.15) is 0 Å². The minimum atomic E-state index is -3.96. The number of sulfonamides is 1. The van der Waals surface area contributed by atoms with Crippen LogP contribution in [0.25, 0.3) is 0 Å². The average molecular weight is 522 g/mol. The normalized spacial score (nSPS) is 21.6. The molecule has 0 spiro atoms. The Bertz CT molecular complexity index is 1190. The molecule has 0 aliphatic heterocycles. The molecule has 12 heteroatoms. The van der Waals surface area contributed by atoms with Crippen molar-refractivity contribution in [2.24, 2.45) is 0 Å². The highest BCUT2D eigenvalue weighted by Crippen LogP contribution is 2.37. The number of nitrogens with one attached hydrogen (secondary N) is 3. The first kappa shape index (κ1) is 26.2. The number of nitrogens with zero attached hydrogens (tertiary/aromatic N) is 2. The fourth-order valence-electron chi connectivity index (χ4n) is 4.12. The second kappa shape index (κ2) is 10.7. The molecular weight excluding hydrogens is 489 g/mol. The van der Waals surface area contributed by atoms with Gasteiger partial charge < -0.3 is 20.5 Å². The monoisotopic (exact) mass is 521 g/mol. The van der Waals surface area contributed by atoms with E-state index in [1.807, 2.05) is 13.8 Å². The first-order valence-corrected chi connectivity index (χ1v) is 13.6. The number of hydrogen-bond acceptors (Lipinski definition) is 8. The Kier molecular flexibility index (Phi) is 7.76. The summed E-state index contributed by atoms with van der Waals surface area (Å²) < 4.78 is 47.6. The average Bonchev–Trinajstić information content (AvgIpc) is 3.46. The largest absolute Gasteiger partial charge is 0.446 e. The number of aliphatic hydroxyl groups excluding tert-OH is 1. The summed E-state index contributed by atoms with van der Waals surface area (Å²) in [5, 5.41) is 14.9. The van der Waals surface area contributed by atoms with Crippen molar-refractivity contribution >= 4 is 27.8 Å². The fourth-order valence-corrected chi connectivity index (χ4v) is 5.59. The fraction of sp³-hybridized carbons (Fsp3) is 0.542. The zero-order chi connectivity index (χ0) is 25.9. The van der Waals surface area contributed by atoms with E-state index in [1.165, 1.54) is 12.1 Å². The number of amides is 1. The molecule has 1 amide bonds. The molecule has 1 heterocycles. The van der Waals surface area contributed by atoms with Gasteiger partial charge in [-0.15, -0.1) is 0 Å². The smallest absolute Gasteiger partial charge is 0.407 e. The predicted octanol–water partition coefficient (Wildman–Crippen LogP) is 3.32. The minimum absolute atomic E-state index is 0.0339. The van der Waals surface area contributed by atoms with Crippen LogP contribution >= 0.6 is 0 Å². The van der Waals surface area contributed by atoms with Gasteiger partial charge in [-0.3, -0.25) is 0 Å². The molecule has 1 aromatic carbocycles. The van der Waals surface area contributed by atoms with Crippen LogP contribution < -0.4 is 15.4 Å². The van der Waals surface area contributed by atoms with E-state index in [1.54, 1.807) is 12.4 Å². The number of rotatable bonds is 10. The van der Waals surface area contributed by atoms with Crippen LogP contribution in [0.1, 0.15) is 63.9 Å². The third kappa shape index (κ3) is 6.29. The second-order valence-corrected chi connectivity index (χ2v) is 11.3. The van der Waals surface area contributed by atoms with Crippen LogP contribution in [-0.2, 0) is 14.8 Å². The van der Waals surface area contributed by atoms with Crippen LogP contribution in [0.4, 0.5) is 20.8 Å². The van der Waals surface area contributed by atoms with Gasteiger partial charge in [0.1, 0.15) is 11.9 Å². The first-order valence-electron chi connectivity index (χ1n) is 12.1. The molecule has 3 atom stereocenters. The number of carbonyl (C=O) groups excluding carboxylic acids is 1. The Balaban J connectivity index is 1.34. The van der Waals surface area contributed by atoms with Gasteiger partial charge >= 0.3 is 6.09 Å². The van der Waals surface area contributed by atoms with Crippen LogP contribution in [0, 0.1) is 5.82 Å². The van der Waals surface area contributed by atoms with Gasteiger partial charge in [0.15, 0.2) is 0 Å². The van der Waals surface area contributed by atoms with E-state index in [4.69, 9.17) is 4.74 Å². The molecule has 2 fully saturated rings. The van der Waals surface area contributed by atoms with Crippen molar-refractivity contribution in [3.8, 4) is 0 Å². The molecule has 36 heavy (non-hydrogen) atoms. The number of carbonyl (C=O) groups is 1. The molecule has 2 aliphatic rings. The molecule has 2 aliphatic carbocycles.